The molecule has 1 fully saturated rings. The van der Waals surface area contributed by atoms with Crippen LogP contribution in [0.15, 0.2) is 48.9 Å². The van der Waals surface area contributed by atoms with Crippen molar-refractivity contribution >= 4 is 11.9 Å². The Kier molecular flexibility index (Phi) is 5.70. The monoisotopic (exact) mass is 405 g/mol. The third-order valence-corrected chi connectivity index (χ3v) is 5.28. The predicted octanol–water partition coefficient (Wildman–Crippen LogP) is 3.36. The maximum absolute atomic E-state index is 13.0. The zero-order valence-electron chi connectivity index (χ0n) is 17.6. The minimum absolute atomic E-state index is 0.0985. The van der Waals surface area contributed by atoms with Gasteiger partial charge in [0.1, 0.15) is 11.4 Å². The first-order chi connectivity index (χ1) is 14.5. The molecule has 0 bridgehead atoms. The van der Waals surface area contributed by atoms with Gasteiger partial charge in [-0.1, -0.05) is 18.2 Å². The lowest BCUT2D eigenvalue weighted by molar-refractivity contribution is 0.0941. The van der Waals surface area contributed by atoms with Crippen molar-refractivity contribution in [3.05, 3.63) is 60.2 Å². The van der Waals surface area contributed by atoms with Crippen LogP contribution in [0.2, 0.25) is 0 Å². The quantitative estimate of drug-likeness (QED) is 0.622. The fraction of sp³-hybridized carbons (Fsp3) is 0.348. The minimum atomic E-state index is -0.0985. The van der Waals surface area contributed by atoms with Crippen molar-refractivity contribution in [3.8, 4) is 16.9 Å². The van der Waals surface area contributed by atoms with E-state index in [0.29, 0.717) is 24.1 Å². The van der Waals surface area contributed by atoms with Gasteiger partial charge in [-0.05, 0) is 30.9 Å². The van der Waals surface area contributed by atoms with Crippen molar-refractivity contribution in [3.63, 3.8) is 0 Å². The number of hydrogen-bond donors (Lipinski definition) is 1. The Morgan fingerprint density at radius 1 is 1.20 bits per heavy atom. The molecule has 1 saturated carbocycles. The van der Waals surface area contributed by atoms with Gasteiger partial charge in [-0.2, -0.15) is 0 Å². The predicted molar refractivity (Wildman–Crippen MR) is 117 cm³/mol. The van der Waals surface area contributed by atoms with Gasteiger partial charge in [-0.3, -0.25) is 4.79 Å². The summed E-state index contributed by atoms with van der Waals surface area (Å²) in [5.41, 5.74) is 3.45. The molecule has 1 N–H and O–H groups in total. The third-order valence-electron chi connectivity index (χ3n) is 5.28. The molecule has 0 radical (unpaired) electrons. The average molecular weight is 406 g/mol. The van der Waals surface area contributed by atoms with Crippen molar-refractivity contribution < 1.29 is 9.53 Å². The van der Waals surface area contributed by atoms with E-state index in [4.69, 9.17) is 4.74 Å². The molecule has 4 rings (SSSR count). The highest BCUT2D eigenvalue weighted by molar-refractivity contribution is 5.94. The number of anilines is 1. The number of benzene rings is 1. The van der Waals surface area contributed by atoms with Crippen LogP contribution in [-0.2, 0) is 13.1 Å². The van der Waals surface area contributed by atoms with Crippen LogP contribution in [0.25, 0.3) is 11.1 Å². The highest BCUT2D eigenvalue weighted by atomic mass is 16.5. The number of ether oxygens (including phenoxy) is 1. The van der Waals surface area contributed by atoms with E-state index >= 15 is 0 Å². The molecule has 0 unspecified atom stereocenters. The molecule has 1 aromatic carbocycles. The number of rotatable bonds is 8. The molecule has 3 aromatic rings. The van der Waals surface area contributed by atoms with Crippen LogP contribution in [0.3, 0.4) is 0 Å². The van der Waals surface area contributed by atoms with Gasteiger partial charge in [0.2, 0.25) is 5.95 Å². The molecule has 7 heteroatoms. The van der Waals surface area contributed by atoms with Crippen molar-refractivity contribution in [1.82, 2.24) is 19.9 Å². The molecule has 1 amide bonds. The summed E-state index contributed by atoms with van der Waals surface area (Å²) >= 11 is 0. The number of amides is 1. The van der Waals surface area contributed by atoms with Crippen LogP contribution < -0.4 is 15.0 Å². The van der Waals surface area contributed by atoms with Crippen molar-refractivity contribution in [2.75, 3.05) is 26.1 Å². The lowest BCUT2D eigenvalue weighted by Gasteiger charge is -2.11. The Bertz CT molecular complexity index is 1020. The van der Waals surface area contributed by atoms with E-state index < -0.39 is 0 Å². The van der Waals surface area contributed by atoms with E-state index in [2.05, 4.69) is 19.9 Å². The summed E-state index contributed by atoms with van der Waals surface area (Å²) < 4.78 is 7.44. The number of para-hydroxylation sites is 1. The second kappa shape index (κ2) is 8.57. The molecular weight excluding hydrogens is 378 g/mol. The number of carbonyl (C=O) groups is 1. The first kappa shape index (κ1) is 19.9. The molecule has 0 spiro atoms. The molecule has 0 aliphatic heterocycles. The van der Waals surface area contributed by atoms with Crippen molar-refractivity contribution in [1.29, 1.82) is 0 Å². The Balaban J connectivity index is 1.55. The minimum Gasteiger partial charge on any atom is -0.496 e. The van der Waals surface area contributed by atoms with E-state index in [-0.39, 0.29) is 5.91 Å². The summed E-state index contributed by atoms with van der Waals surface area (Å²) in [4.78, 5) is 23.7. The van der Waals surface area contributed by atoms with Crippen LogP contribution in [-0.4, -0.2) is 41.6 Å². The number of methoxy groups -OCH3 is 1. The van der Waals surface area contributed by atoms with Crippen LogP contribution in [0, 0.1) is 5.92 Å². The van der Waals surface area contributed by atoms with Crippen LogP contribution >= 0.6 is 0 Å². The summed E-state index contributed by atoms with van der Waals surface area (Å²) in [6.07, 6.45) is 8.07. The maximum atomic E-state index is 13.0. The van der Waals surface area contributed by atoms with E-state index in [1.54, 1.807) is 19.5 Å². The van der Waals surface area contributed by atoms with Crippen LogP contribution in [0.5, 0.6) is 5.75 Å². The second-order valence-electron chi connectivity index (χ2n) is 7.87. The number of hydrogen-bond acceptors (Lipinski definition) is 5. The summed E-state index contributed by atoms with van der Waals surface area (Å²) in [5.74, 6) is 1.98. The van der Waals surface area contributed by atoms with Crippen molar-refractivity contribution in [2.45, 2.75) is 25.9 Å². The fourth-order valence-electron chi connectivity index (χ4n) is 3.40. The van der Waals surface area contributed by atoms with Crippen molar-refractivity contribution in [2.24, 2.45) is 5.92 Å². The molecule has 156 valence electrons. The Morgan fingerprint density at radius 2 is 1.93 bits per heavy atom. The van der Waals surface area contributed by atoms with Crippen LogP contribution in [0.1, 0.15) is 28.9 Å². The Labute approximate surface area is 176 Å². The zero-order chi connectivity index (χ0) is 21.1. The van der Waals surface area contributed by atoms with E-state index in [0.717, 1.165) is 29.0 Å². The Morgan fingerprint density at radius 3 is 2.60 bits per heavy atom. The van der Waals surface area contributed by atoms with Crippen LogP contribution in [0.4, 0.5) is 5.95 Å². The zero-order valence-corrected chi connectivity index (χ0v) is 17.6. The van der Waals surface area contributed by atoms with Gasteiger partial charge in [-0.15, -0.1) is 0 Å². The van der Waals surface area contributed by atoms with Gasteiger partial charge in [-0.25, -0.2) is 9.97 Å². The van der Waals surface area contributed by atoms with Gasteiger partial charge in [0.25, 0.3) is 5.91 Å². The SMILES string of the molecule is COc1ccccc1CNC(=O)c1cc(-c2cnc(N(C)C)nc2)cn1CC1CC1. The van der Waals surface area contributed by atoms with E-state index in [1.807, 2.05) is 55.5 Å². The lowest BCUT2D eigenvalue weighted by Crippen LogP contribution is -2.25. The average Bonchev–Trinajstić information content (AvgIpc) is 3.48. The highest BCUT2D eigenvalue weighted by Gasteiger charge is 2.24. The van der Waals surface area contributed by atoms with Gasteiger partial charge in [0.05, 0.1) is 7.11 Å². The molecule has 2 aromatic heterocycles. The topological polar surface area (TPSA) is 72.3 Å². The summed E-state index contributed by atoms with van der Waals surface area (Å²) in [6, 6.07) is 9.63. The van der Waals surface area contributed by atoms with E-state index in [9.17, 15) is 4.79 Å². The maximum Gasteiger partial charge on any atom is 0.268 e. The third kappa shape index (κ3) is 4.45. The molecule has 0 saturated heterocycles. The standard InChI is InChI=1S/C23H27N5O2/c1-27(2)23-25-12-19(13-26-23)18-10-20(28(15-18)14-16-8-9-16)22(29)24-11-17-6-4-5-7-21(17)30-3/h4-7,10,12-13,15-16H,8-9,11,14H2,1-3H3,(H,24,29). The number of carbonyl (C=O) groups excluding carboxylic acids is 1. The van der Waals surface area contributed by atoms with Gasteiger partial charge in [0.15, 0.2) is 0 Å². The normalized spacial score (nSPS) is 13.2. The number of nitrogens with one attached hydrogen (secondary N) is 1. The molecule has 30 heavy (non-hydrogen) atoms. The number of aromatic nitrogens is 3. The number of nitrogens with zero attached hydrogens (tertiary/aromatic N) is 4. The Hall–Kier alpha value is -3.35. The molecule has 1 aliphatic rings. The van der Waals surface area contributed by atoms with Gasteiger partial charge < -0.3 is 19.5 Å². The summed E-state index contributed by atoms with van der Waals surface area (Å²) in [7, 11) is 5.45. The summed E-state index contributed by atoms with van der Waals surface area (Å²) in [6.45, 7) is 1.27. The smallest absolute Gasteiger partial charge is 0.268 e. The fourth-order valence-corrected chi connectivity index (χ4v) is 3.40. The van der Waals surface area contributed by atoms with Gasteiger partial charge >= 0.3 is 0 Å². The largest absolute Gasteiger partial charge is 0.496 e. The molecule has 0 atom stereocenters. The molecule has 7 nitrogen and oxygen atoms in total. The molecule has 2 heterocycles. The van der Waals surface area contributed by atoms with E-state index in [1.165, 1.54) is 12.8 Å². The lowest BCUT2D eigenvalue weighted by atomic mass is 10.2. The van der Waals surface area contributed by atoms with Gasteiger partial charge in [0, 0.05) is 62.5 Å². The summed E-state index contributed by atoms with van der Waals surface area (Å²) in [5, 5.41) is 3.04. The first-order valence-corrected chi connectivity index (χ1v) is 10.1. The molecule has 1 aliphatic carbocycles. The highest BCUT2D eigenvalue weighted by Crippen LogP contribution is 2.32. The molecular formula is C23H27N5O2. The second-order valence-corrected chi connectivity index (χ2v) is 7.87. The first-order valence-electron chi connectivity index (χ1n) is 10.1.